The highest BCUT2D eigenvalue weighted by Gasteiger charge is 2.42. The van der Waals surface area contributed by atoms with E-state index in [2.05, 4.69) is 69.3 Å². The van der Waals surface area contributed by atoms with Crippen molar-refractivity contribution in [2.75, 3.05) is 12.0 Å². The minimum atomic E-state index is -0.132. The number of anilines is 1. The molecule has 7 heteroatoms. The van der Waals surface area contributed by atoms with Gasteiger partial charge in [0.2, 0.25) is 0 Å². The number of aromatic nitrogens is 2. The fourth-order valence-electron chi connectivity index (χ4n) is 5.04. The van der Waals surface area contributed by atoms with Crippen molar-refractivity contribution < 1.29 is 9.47 Å². The van der Waals surface area contributed by atoms with E-state index in [0.29, 0.717) is 5.11 Å². The van der Waals surface area contributed by atoms with E-state index in [9.17, 15) is 0 Å². The summed E-state index contributed by atoms with van der Waals surface area (Å²) in [5.41, 5.74) is 5.33. The molecule has 0 unspecified atom stereocenters. The predicted octanol–water partition coefficient (Wildman–Crippen LogP) is 7.16. The topological polar surface area (TPSA) is 51.6 Å². The summed E-state index contributed by atoms with van der Waals surface area (Å²) in [6.45, 7) is 2.11. The zero-order valence-corrected chi connectivity index (χ0v) is 22.5. The third-order valence-electron chi connectivity index (χ3n) is 6.87. The van der Waals surface area contributed by atoms with Crippen molar-refractivity contribution in [3.05, 3.63) is 132 Å². The van der Waals surface area contributed by atoms with Crippen LogP contribution in [0.2, 0.25) is 0 Å². The first-order chi connectivity index (χ1) is 19.1. The van der Waals surface area contributed by atoms with E-state index in [1.807, 2.05) is 72.9 Å². The Hall–Kier alpha value is -4.62. The number of benzene rings is 3. The van der Waals surface area contributed by atoms with Crippen LogP contribution in [0.15, 0.2) is 116 Å². The molecule has 6 nitrogen and oxygen atoms in total. The normalized spacial score (nSPS) is 16.7. The molecule has 0 saturated carbocycles. The zero-order chi connectivity index (χ0) is 26.8. The first-order valence-corrected chi connectivity index (χ1v) is 13.2. The minimum absolute atomic E-state index is 0.128. The fraction of sp³-hybridized carbons (Fsp3) is 0.125. The van der Waals surface area contributed by atoms with Crippen molar-refractivity contribution in [3.8, 4) is 22.9 Å². The zero-order valence-electron chi connectivity index (χ0n) is 21.7. The summed E-state index contributed by atoms with van der Waals surface area (Å²) in [7, 11) is 1.65. The SMILES string of the molecule is COc1ccc(Oc2ccc(N3C(=S)N[C@H](c4ccccn4)[C@H]3c3cccn3-c3cccc(C)c3)cc2)cc1. The number of hydrogen-bond acceptors (Lipinski definition) is 4. The van der Waals surface area contributed by atoms with Crippen LogP contribution in [0.1, 0.15) is 29.0 Å². The predicted molar refractivity (Wildman–Crippen MR) is 158 cm³/mol. The Kier molecular flexibility index (Phi) is 6.73. The number of methoxy groups -OCH3 is 1. The van der Waals surface area contributed by atoms with E-state index in [1.54, 1.807) is 7.11 Å². The van der Waals surface area contributed by atoms with Crippen molar-refractivity contribution in [3.63, 3.8) is 0 Å². The lowest BCUT2D eigenvalue weighted by atomic mass is 10.0. The van der Waals surface area contributed by atoms with Crippen molar-refractivity contribution in [1.82, 2.24) is 14.9 Å². The molecule has 0 aliphatic carbocycles. The lowest BCUT2D eigenvalue weighted by molar-refractivity contribution is 0.413. The van der Waals surface area contributed by atoms with E-state index in [1.165, 1.54) is 5.56 Å². The maximum absolute atomic E-state index is 6.06. The molecular formula is C32H28N4O2S. The second kappa shape index (κ2) is 10.6. The highest BCUT2D eigenvalue weighted by Crippen LogP contribution is 2.42. The maximum atomic E-state index is 6.06. The number of nitrogens with one attached hydrogen (secondary N) is 1. The van der Waals surface area contributed by atoms with Crippen LogP contribution in [0.4, 0.5) is 5.69 Å². The maximum Gasteiger partial charge on any atom is 0.174 e. The summed E-state index contributed by atoms with van der Waals surface area (Å²) < 4.78 is 13.5. The van der Waals surface area contributed by atoms with E-state index >= 15 is 0 Å². The van der Waals surface area contributed by atoms with Crippen LogP contribution in [-0.4, -0.2) is 21.8 Å². The van der Waals surface area contributed by atoms with Gasteiger partial charge in [0.15, 0.2) is 5.11 Å². The molecule has 6 rings (SSSR count). The average Bonchev–Trinajstić information content (AvgIpc) is 3.59. The molecule has 3 heterocycles. The van der Waals surface area contributed by atoms with E-state index < -0.39 is 0 Å². The Morgan fingerprint density at radius 2 is 1.54 bits per heavy atom. The second-order valence-corrected chi connectivity index (χ2v) is 9.80. The van der Waals surface area contributed by atoms with E-state index in [-0.39, 0.29) is 12.1 Å². The molecule has 0 spiro atoms. The average molecular weight is 533 g/mol. The second-order valence-electron chi connectivity index (χ2n) is 9.41. The first-order valence-electron chi connectivity index (χ1n) is 12.8. The Bertz CT molecular complexity index is 1580. The van der Waals surface area contributed by atoms with Crippen molar-refractivity contribution >= 4 is 23.0 Å². The highest BCUT2D eigenvalue weighted by molar-refractivity contribution is 7.80. The molecule has 194 valence electrons. The molecule has 1 aliphatic rings. The first kappa shape index (κ1) is 24.7. The lowest BCUT2D eigenvalue weighted by Crippen LogP contribution is -2.30. The van der Waals surface area contributed by atoms with Crippen LogP contribution >= 0.6 is 12.2 Å². The number of rotatable bonds is 7. The summed E-state index contributed by atoms with van der Waals surface area (Å²) in [6.07, 6.45) is 3.93. The van der Waals surface area contributed by atoms with Gasteiger partial charge in [0, 0.05) is 29.5 Å². The van der Waals surface area contributed by atoms with Crippen LogP contribution in [0.25, 0.3) is 5.69 Å². The summed E-state index contributed by atoms with van der Waals surface area (Å²) in [4.78, 5) is 6.86. The molecule has 2 aromatic heterocycles. The number of nitrogens with zero attached hydrogens (tertiary/aromatic N) is 3. The van der Waals surface area contributed by atoms with Gasteiger partial charge in [-0.3, -0.25) is 4.98 Å². The smallest absolute Gasteiger partial charge is 0.174 e. The molecule has 5 aromatic rings. The lowest BCUT2D eigenvalue weighted by Gasteiger charge is -2.29. The van der Waals surface area contributed by atoms with Crippen molar-refractivity contribution in [2.24, 2.45) is 0 Å². The summed E-state index contributed by atoms with van der Waals surface area (Å²) in [5.74, 6) is 2.27. The van der Waals surface area contributed by atoms with Gasteiger partial charge in [0.25, 0.3) is 0 Å². The van der Waals surface area contributed by atoms with Crippen LogP contribution in [0.5, 0.6) is 17.2 Å². The molecule has 2 atom stereocenters. The summed E-state index contributed by atoms with van der Waals surface area (Å²) in [5, 5.41) is 4.20. The van der Waals surface area contributed by atoms with Gasteiger partial charge in [-0.25, -0.2) is 0 Å². The van der Waals surface area contributed by atoms with Gasteiger partial charge >= 0.3 is 0 Å². The van der Waals surface area contributed by atoms with Gasteiger partial charge in [-0.15, -0.1) is 0 Å². The molecular weight excluding hydrogens is 504 g/mol. The van der Waals surface area contributed by atoms with Crippen LogP contribution in [-0.2, 0) is 0 Å². The molecule has 3 aromatic carbocycles. The Morgan fingerprint density at radius 1 is 0.795 bits per heavy atom. The van der Waals surface area contributed by atoms with E-state index in [0.717, 1.165) is 40.0 Å². The van der Waals surface area contributed by atoms with Crippen molar-refractivity contribution in [2.45, 2.75) is 19.0 Å². The van der Waals surface area contributed by atoms with Gasteiger partial charge in [-0.1, -0.05) is 18.2 Å². The molecule has 0 bridgehead atoms. The monoisotopic (exact) mass is 532 g/mol. The third-order valence-corrected chi connectivity index (χ3v) is 7.19. The number of pyridine rings is 1. The van der Waals surface area contributed by atoms with Gasteiger partial charge < -0.3 is 24.3 Å². The standard InChI is InChI=1S/C32H28N4O2S/c1-22-7-5-8-24(21-22)35-20-6-10-29(35)31-30(28-9-3-4-19-33-28)34-32(39)36(31)23-11-13-26(14-12-23)38-27-17-15-25(37-2)16-18-27/h3-21,30-31H,1-2H3,(H,34,39)/t30-,31-/m1/s1. The largest absolute Gasteiger partial charge is 0.497 e. The number of aryl methyl sites for hydroxylation is 1. The van der Waals surface area contributed by atoms with Gasteiger partial charge in [0.05, 0.1) is 18.8 Å². The van der Waals surface area contributed by atoms with Crippen LogP contribution in [0, 0.1) is 6.92 Å². The van der Waals surface area contributed by atoms with Gasteiger partial charge in [-0.2, -0.15) is 0 Å². The number of thiocarbonyl (C=S) groups is 1. The van der Waals surface area contributed by atoms with E-state index in [4.69, 9.17) is 21.7 Å². The number of hydrogen-bond donors (Lipinski definition) is 1. The third kappa shape index (κ3) is 4.96. The molecule has 1 fully saturated rings. The van der Waals surface area contributed by atoms with Gasteiger partial charge in [-0.05, 0) is 110 Å². The number of ether oxygens (including phenoxy) is 2. The molecule has 39 heavy (non-hydrogen) atoms. The van der Waals surface area contributed by atoms with Crippen LogP contribution < -0.4 is 19.7 Å². The Labute approximate surface area is 233 Å². The molecule has 0 radical (unpaired) electrons. The quantitative estimate of drug-likeness (QED) is 0.225. The molecule has 0 amide bonds. The fourth-order valence-corrected chi connectivity index (χ4v) is 5.38. The molecule has 1 N–H and O–H groups in total. The molecule has 1 aliphatic heterocycles. The van der Waals surface area contributed by atoms with Crippen LogP contribution in [0.3, 0.4) is 0 Å². The Balaban J connectivity index is 1.37. The van der Waals surface area contributed by atoms with Crippen molar-refractivity contribution in [1.29, 1.82) is 0 Å². The van der Waals surface area contributed by atoms with Gasteiger partial charge in [0.1, 0.15) is 23.3 Å². The Morgan fingerprint density at radius 3 is 2.23 bits per heavy atom. The minimum Gasteiger partial charge on any atom is -0.497 e. The summed E-state index contributed by atoms with van der Waals surface area (Å²) >= 11 is 5.93. The highest BCUT2D eigenvalue weighted by atomic mass is 32.1. The molecule has 1 saturated heterocycles. The summed E-state index contributed by atoms with van der Waals surface area (Å²) in [6, 6.07) is 34.0.